The van der Waals surface area contributed by atoms with Crippen LogP contribution in [0.1, 0.15) is 6.42 Å². The fraction of sp³-hybridized carbons (Fsp3) is 0.500. The molecule has 0 aromatic rings. The molecule has 1 saturated heterocycles. The number of hydrogen-bond donors (Lipinski definition) is 2. The van der Waals surface area contributed by atoms with Crippen molar-refractivity contribution in [1.29, 1.82) is 5.26 Å². The zero-order chi connectivity index (χ0) is 9.68. The lowest BCUT2D eigenvalue weighted by Crippen LogP contribution is -2.52. The van der Waals surface area contributed by atoms with Crippen LogP contribution in [0.2, 0.25) is 0 Å². The van der Waals surface area contributed by atoms with E-state index < -0.39 is 12.1 Å². The monoisotopic (exact) mass is 181 g/mol. The Morgan fingerprint density at radius 3 is 3.23 bits per heavy atom. The van der Waals surface area contributed by atoms with Crippen LogP contribution in [0, 0.1) is 11.3 Å². The molecule has 5 nitrogen and oxygen atoms in total. The van der Waals surface area contributed by atoms with Crippen LogP contribution < -0.4 is 10.6 Å². The van der Waals surface area contributed by atoms with Gasteiger partial charge in [-0.3, -0.25) is 5.32 Å². The fourth-order valence-corrected chi connectivity index (χ4v) is 1.02. The molecule has 1 atom stereocenters. The molecular formula is C8H11N3O2. The van der Waals surface area contributed by atoms with E-state index in [0.717, 1.165) is 12.1 Å². The number of hydrogen-bond acceptors (Lipinski definition) is 5. The van der Waals surface area contributed by atoms with Crippen LogP contribution >= 0.6 is 0 Å². The van der Waals surface area contributed by atoms with Gasteiger partial charge in [0.15, 0.2) is 12.8 Å². The third-order valence-electron chi connectivity index (χ3n) is 1.64. The Bertz CT molecular complexity index is 257. The maximum Gasteiger partial charge on any atom is 0.344 e. The number of ether oxygens (including phenoxy) is 1. The van der Waals surface area contributed by atoms with Crippen LogP contribution in [0.4, 0.5) is 0 Å². The van der Waals surface area contributed by atoms with E-state index in [4.69, 9.17) is 5.26 Å². The van der Waals surface area contributed by atoms with Crippen LogP contribution in [-0.4, -0.2) is 25.3 Å². The van der Waals surface area contributed by atoms with Gasteiger partial charge in [-0.05, 0) is 6.42 Å². The molecule has 0 spiro atoms. The average molecular weight is 181 g/mol. The van der Waals surface area contributed by atoms with E-state index in [0.29, 0.717) is 6.54 Å². The summed E-state index contributed by atoms with van der Waals surface area (Å²) in [7, 11) is 0. The largest absolute Gasteiger partial charge is 0.448 e. The Labute approximate surface area is 76.4 Å². The Balaban J connectivity index is 2.38. The second-order valence-corrected chi connectivity index (χ2v) is 2.65. The van der Waals surface area contributed by atoms with Crippen molar-refractivity contribution in [2.24, 2.45) is 0 Å². The first-order chi connectivity index (χ1) is 6.24. The molecule has 5 heteroatoms. The first-order valence-corrected chi connectivity index (χ1v) is 3.95. The summed E-state index contributed by atoms with van der Waals surface area (Å²) < 4.78 is 4.61. The van der Waals surface area contributed by atoms with Crippen LogP contribution in [-0.2, 0) is 9.53 Å². The van der Waals surface area contributed by atoms with Gasteiger partial charge in [0.05, 0.1) is 0 Å². The van der Waals surface area contributed by atoms with E-state index in [9.17, 15) is 4.79 Å². The van der Waals surface area contributed by atoms with Crippen molar-refractivity contribution in [2.75, 3.05) is 13.2 Å². The van der Waals surface area contributed by atoms with E-state index in [1.807, 2.05) is 0 Å². The number of carbonyl (C=O) groups excluding carboxylic acids is 1. The molecular weight excluding hydrogens is 170 g/mol. The molecule has 0 saturated carbocycles. The highest BCUT2D eigenvalue weighted by Crippen LogP contribution is 2.01. The zero-order valence-corrected chi connectivity index (χ0v) is 7.17. The molecule has 1 aliphatic rings. The summed E-state index contributed by atoms with van der Waals surface area (Å²) in [5.41, 5.74) is 0.803. The van der Waals surface area contributed by atoms with E-state index in [1.165, 1.54) is 0 Å². The van der Waals surface area contributed by atoms with Crippen molar-refractivity contribution in [2.45, 2.75) is 12.6 Å². The minimum atomic E-state index is -0.561. The van der Waals surface area contributed by atoms with Gasteiger partial charge in [0.25, 0.3) is 0 Å². The van der Waals surface area contributed by atoms with E-state index in [-0.39, 0.29) is 6.61 Å². The molecule has 0 aromatic carbocycles. The molecule has 1 aliphatic heterocycles. The number of nitrogens with one attached hydrogen (secondary N) is 2. The molecule has 2 N–H and O–H groups in total. The number of nitriles is 1. The van der Waals surface area contributed by atoms with Crippen molar-refractivity contribution >= 4 is 5.97 Å². The maximum absolute atomic E-state index is 11.2. The second-order valence-electron chi connectivity index (χ2n) is 2.65. The molecule has 0 radical (unpaired) electrons. The average Bonchev–Trinajstić information content (AvgIpc) is 2.14. The highest BCUT2D eigenvalue weighted by atomic mass is 16.5. The summed E-state index contributed by atoms with van der Waals surface area (Å²) >= 11 is 0. The molecule has 0 bridgehead atoms. The fourth-order valence-electron chi connectivity index (χ4n) is 1.02. The third kappa shape index (κ3) is 2.76. The Morgan fingerprint density at radius 1 is 1.85 bits per heavy atom. The molecule has 13 heavy (non-hydrogen) atoms. The van der Waals surface area contributed by atoms with Crippen LogP contribution in [0.5, 0.6) is 0 Å². The summed E-state index contributed by atoms with van der Waals surface area (Å²) in [4.78, 5) is 11.2. The highest BCUT2D eigenvalue weighted by molar-refractivity contribution is 5.75. The molecule has 1 rings (SSSR count). The summed E-state index contributed by atoms with van der Waals surface area (Å²) in [5, 5.41) is 13.9. The van der Waals surface area contributed by atoms with Gasteiger partial charge in [-0.15, -0.1) is 0 Å². The first-order valence-electron chi connectivity index (χ1n) is 3.95. The summed E-state index contributed by atoms with van der Waals surface area (Å²) in [6, 6.07) is 1.73. The molecule has 0 aliphatic carbocycles. The predicted molar refractivity (Wildman–Crippen MR) is 45.3 cm³/mol. The minimum Gasteiger partial charge on any atom is -0.448 e. The molecule has 1 unspecified atom stereocenters. The third-order valence-corrected chi connectivity index (χ3v) is 1.64. The van der Waals surface area contributed by atoms with Gasteiger partial charge in [-0.1, -0.05) is 6.58 Å². The van der Waals surface area contributed by atoms with Gasteiger partial charge in [0.1, 0.15) is 6.07 Å². The molecule has 0 aromatic heterocycles. The van der Waals surface area contributed by atoms with Crippen molar-refractivity contribution in [1.82, 2.24) is 10.6 Å². The SMILES string of the molecule is C=C1CCNC(C(=O)OCC#N)N1. The van der Waals surface area contributed by atoms with E-state index in [2.05, 4.69) is 21.9 Å². The van der Waals surface area contributed by atoms with Crippen molar-refractivity contribution in [3.05, 3.63) is 12.3 Å². The Morgan fingerprint density at radius 2 is 2.62 bits per heavy atom. The summed E-state index contributed by atoms with van der Waals surface area (Å²) in [5.74, 6) is -0.470. The number of nitrogens with zero attached hydrogens (tertiary/aromatic N) is 1. The van der Waals surface area contributed by atoms with Gasteiger partial charge in [-0.2, -0.15) is 5.26 Å². The number of carbonyl (C=O) groups is 1. The number of esters is 1. The lowest BCUT2D eigenvalue weighted by atomic mass is 10.2. The normalized spacial score (nSPS) is 21.5. The van der Waals surface area contributed by atoms with Gasteiger partial charge in [-0.25, -0.2) is 4.79 Å². The van der Waals surface area contributed by atoms with E-state index in [1.54, 1.807) is 6.07 Å². The van der Waals surface area contributed by atoms with Gasteiger partial charge < -0.3 is 10.1 Å². The molecule has 1 fully saturated rings. The van der Waals surface area contributed by atoms with Crippen molar-refractivity contribution < 1.29 is 9.53 Å². The quantitative estimate of drug-likeness (QED) is 0.560. The Kier molecular flexibility index (Phi) is 3.29. The first kappa shape index (κ1) is 9.55. The van der Waals surface area contributed by atoms with Crippen LogP contribution in [0.3, 0.4) is 0 Å². The summed E-state index contributed by atoms with van der Waals surface area (Å²) in [6.07, 6.45) is 0.233. The smallest absolute Gasteiger partial charge is 0.344 e. The Hall–Kier alpha value is -1.54. The van der Waals surface area contributed by atoms with Gasteiger partial charge >= 0.3 is 5.97 Å². The topological polar surface area (TPSA) is 74.1 Å². The molecule has 0 amide bonds. The highest BCUT2D eigenvalue weighted by Gasteiger charge is 2.22. The van der Waals surface area contributed by atoms with Crippen molar-refractivity contribution in [3.8, 4) is 6.07 Å². The van der Waals surface area contributed by atoms with Crippen LogP contribution in [0.25, 0.3) is 0 Å². The molecule has 1 heterocycles. The van der Waals surface area contributed by atoms with Gasteiger partial charge in [0, 0.05) is 12.2 Å². The summed E-state index contributed by atoms with van der Waals surface area (Å²) in [6.45, 7) is 4.18. The van der Waals surface area contributed by atoms with Crippen molar-refractivity contribution in [3.63, 3.8) is 0 Å². The standard InChI is InChI=1S/C8H11N3O2/c1-6-2-4-10-7(11-6)8(12)13-5-3-9/h7,10-11H,1-2,4-5H2. The predicted octanol–water partition coefficient (Wildman–Crippen LogP) is -0.524. The lowest BCUT2D eigenvalue weighted by Gasteiger charge is -2.25. The molecule has 70 valence electrons. The minimum absolute atomic E-state index is 0.217. The van der Waals surface area contributed by atoms with Gasteiger partial charge in [0.2, 0.25) is 0 Å². The van der Waals surface area contributed by atoms with Crippen LogP contribution in [0.15, 0.2) is 12.3 Å². The zero-order valence-electron chi connectivity index (χ0n) is 7.17. The second kappa shape index (κ2) is 4.48. The number of rotatable bonds is 2. The van der Waals surface area contributed by atoms with E-state index >= 15 is 0 Å². The maximum atomic E-state index is 11.2. The lowest BCUT2D eigenvalue weighted by molar-refractivity contribution is -0.145.